The Bertz CT molecular complexity index is 2130. The normalized spacial score (nSPS) is 16.8. The topological polar surface area (TPSA) is 356 Å². The van der Waals surface area contributed by atoms with Gasteiger partial charge >= 0.3 is 11.9 Å². The molecule has 0 unspecified atom stereocenters. The molecule has 2 aromatic carbocycles. The number of likely N-dealkylation sites (tertiary alicyclic amines) is 1. The first kappa shape index (κ1) is 50.6. The van der Waals surface area contributed by atoms with Gasteiger partial charge < -0.3 is 67.7 Å². The molecule has 1 aliphatic heterocycles. The van der Waals surface area contributed by atoms with E-state index in [9.17, 15) is 58.8 Å². The number of carbonyl (C=O) groups is 8. The third-order valence-corrected chi connectivity index (χ3v) is 10.6. The van der Waals surface area contributed by atoms with E-state index >= 15 is 0 Å². The van der Waals surface area contributed by atoms with E-state index in [1.807, 2.05) is 13.8 Å². The summed E-state index contributed by atoms with van der Waals surface area (Å²) in [6.07, 6.45) is 0.517. The summed E-state index contributed by atoms with van der Waals surface area (Å²) in [7, 11) is 0. The molecule has 22 nitrogen and oxygen atoms in total. The number of aromatic hydroxyl groups is 2. The molecular formula is C43H57N9O13. The van der Waals surface area contributed by atoms with Crippen LogP contribution in [0, 0.1) is 5.92 Å². The first-order valence-electron chi connectivity index (χ1n) is 21.0. The van der Waals surface area contributed by atoms with Gasteiger partial charge in [-0.1, -0.05) is 38.1 Å². The number of carboxylic acid groups (broad SMARTS) is 2. The number of phenols is 2. The molecule has 13 N–H and O–H groups in total. The Labute approximate surface area is 373 Å². The second-order valence-electron chi connectivity index (χ2n) is 16.4. The summed E-state index contributed by atoms with van der Waals surface area (Å²) in [5.41, 5.74) is 6.92. The summed E-state index contributed by atoms with van der Waals surface area (Å²) < 4.78 is 0. The number of carboxylic acids is 2. The monoisotopic (exact) mass is 907 g/mol. The van der Waals surface area contributed by atoms with Crippen molar-refractivity contribution in [1.29, 1.82) is 0 Å². The molecule has 1 aliphatic rings. The van der Waals surface area contributed by atoms with E-state index in [0.717, 1.165) is 6.92 Å². The van der Waals surface area contributed by atoms with Gasteiger partial charge in [-0.15, -0.1) is 0 Å². The molecule has 1 saturated heterocycles. The van der Waals surface area contributed by atoms with Crippen molar-refractivity contribution in [3.05, 3.63) is 77.9 Å². The largest absolute Gasteiger partial charge is 0.508 e. The van der Waals surface area contributed by atoms with Crippen LogP contribution in [0.3, 0.4) is 0 Å². The van der Waals surface area contributed by atoms with E-state index in [1.54, 1.807) is 0 Å². The fourth-order valence-electron chi connectivity index (χ4n) is 7.18. The number of H-pyrrole nitrogens is 1. The Balaban J connectivity index is 1.65. The van der Waals surface area contributed by atoms with Crippen molar-refractivity contribution in [1.82, 2.24) is 41.5 Å². The molecule has 0 bridgehead atoms. The van der Waals surface area contributed by atoms with Crippen LogP contribution in [-0.2, 0) is 57.6 Å². The highest BCUT2D eigenvalue weighted by Gasteiger charge is 2.39. The molecule has 0 saturated carbocycles. The third-order valence-electron chi connectivity index (χ3n) is 10.6. The SMILES string of the molecule is CC(C)C[C@H](NC(=O)[C@H](Cc1ccc(O)cc1)NC(=O)[C@H](Cc1cnc[nH]1)NC(=O)[C@H](Cc1ccc(O)cc1)NC(=O)[C@@H](NC(=O)[C@@H](N)CC(=O)O)[C@@H](C)O)C(=O)N1CCC[C@H]1C(=O)O. The highest BCUT2D eigenvalue weighted by atomic mass is 16.4. The minimum Gasteiger partial charge on any atom is -0.508 e. The van der Waals surface area contributed by atoms with Crippen molar-refractivity contribution in [3.8, 4) is 11.5 Å². The van der Waals surface area contributed by atoms with Crippen LogP contribution in [-0.4, -0.2) is 143 Å². The van der Waals surface area contributed by atoms with E-state index in [4.69, 9.17) is 10.8 Å². The van der Waals surface area contributed by atoms with Crippen LogP contribution in [0.4, 0.5) is 0 Å². The molecule has 3 aromatic rings. The van der Waals surface area contributed by atoms with E-state index in [2.05, 4.69) is 36.6 Å². The zero-order chi connectivity index (χ0) is 48.0. The summed E-state index contributed by atoms with van der Waals surface area (Å²) in [6, 6.07) is 1.36. The molecule has 0 spiro atoms. The fourth-order valence-corrected chi connectivity index (χ4v) is 7.18. The minimum atomic E-state index is -1.73. The number of hydrogen-bond acceptors (Lipinski definition) is 13. The van der Waals surface area contributed by atoms with Gasteiger partial charge in [0.1, 0.15) is 47.8 Å². The van der Waals surface area contributed by atoms with Crippen molar-refractivity contribution in [2.45, 2.75) is 114 Å². The highest BCUT2D eigenvalue weighted by molar-refractivity contribution is 5.97. The number of aromatic amines is 1. The molecule has 0 aliphatic carbocycles. The number of nitrogens with zero attached hydrogens (tertiary/aromatic N) is 2. The van der Waals surface area contributed by atoms with Crippen molar-refractivity contribution >= 4 is 47.4 Å². The van der Waals surface area contributed by atoms with Crippen LogP contribution < -0.4 is 32.3 Å². The number of phenolic OH excluding ortho intramolecular Hbond substituents is 2. The lowest BCUT2D eigenvalue weighted by molar-refractivity contribution is -0.149. The van der Waals surface area contributed by atoms with Gasteiger partial charge in [-0.2, -0.15) is 0 Å². The summed E-state index contributed by atoms with van der Waals surface area (Å²) >= 11 is 0. The Morgan fingerprint density at radius 3 is 1.66 bits per heavy atom. The van der Waals surface area contributed by atoms with E-state index in [0.29, 0.717) is 23.2 Å². The minimum absolute atomic E-state index is 0.0693. The quantitative estimate of drug-likeness (QED) is 0.0520. The smallest absolute Gasteiger partial charge is 0.326 e. The standard InChI is InChI=1S/C43H57N9O13/c1-22(2)15-33(42(63)52-14-4-5-34(52)43(64)65)50-39(60)30(16-24-6-10-27(54)11-7-24)47-40(61)32(18-26-20-45-21-46-26)48-38(59)31(17-25-8-12-28(55)13-9-25)49-41(62)36(23(3)53)51-37(58)29(44)19-35(56)57/h6-13,20-23,29-34,36,53-55H,4-5,14-19,44H2,1-3H3,(H,45,46)(H,47,61)(H,48,59)(H,49,62)(H,50,60)(H,51,58)(H,56,57)(H,64,65)/t23-,29+,30+,31+,32+,33+,34+,36+/m1/s1. The van der Waals surface area contributed by atoms with Gasteiger partial charge in [0.2, 0.25) is 35.4 Å². The Morgan fingerprint density at radius 1 is 0.723 bits per heavy atom. The van der Waals surface area contributed by atoms with E-state index in [1.165, 1.54) is 66.0 Å². The average Bonchev–Trinajstić information content (AvgIpc) is 3.96. The number of aromatic nitrogens is 2. The van der Waals surface area contributed by atoms with Gasteiger partial charge in [0, 0.05) is 37.7 Å². The van der Waals surface area contributed by atoms with Gasteiger partial charge in [-0.05, 0) is 67.5 Å². The third kappa shape index (κ3) is 15.3. The van der Waals surface area contributed by atoms with Crippen molar-refractivity contribution in [3.63, 3.8) is 0 Å². The molecule has 2 heterocycles. The van der Waals surface area contributed by atoms with Crippen LogP contribution >= 0.6 is 0 Å². The fraction of sp³-hybridized carbons (Fsp3) is 0.465. The Kier molecular flexibility index (Phi) is 18.3. The number of benzene rings is 2. The predicted octanol–water partition coefficient (Wildman–Crippen LogP) is -1.42. The zero-order valence-electron chi connectivity index (χ0n) is 36.1. The second-order valence-corrected chi connectivity index (χ2v) is 16.4. The lowest BCUT2D eigenvalue weighted by Crippen LogP contribution is -2.61. The number of nitrogens with two attached hydrogens (primary N) is 1. The number of carbonyl (C=O) groups excluding carboxylic acids is 6. The number of aliphatic hydroxyl groups excluding tert-OH is 1. The maximum atomic E-state index is 14.4. The first-order chi connectivity index (χ1) is 30.7. The number of amides is 6. The van der Waals surface area contributed by atoms with Crippen molar-refractivity contribution in [2.24, 2.45) is 11.7 Å². The van der Waals surface area contributed by atoms with Gasteiger partial charge in [-0.25, -0.2) is 9.78 Å². The number of nitrogens with one attached hydrogen (secondary N) is 6. The lowest BCUT2D eigenvalue weighted by Gasteiger charge is -2.30. The average molecular weight is 908 g/mol. The molecule has 22 heteroatoms. The van der Waals surface area contributed by atoms with Gasteiger partial charge in [0.25, 0.3) is 0 Å². The summed E-state index contributed by atoms with van der Waals surface area (Å²) in [6.45, 7) is 4.98. The van der Waals surface area contributed by atoms with Gasteiger partial charge in [0.15, 0.2) is 0 Å². The lowest BCUT2D eigenvalue weighted by atomic mass is 9.99. The second kappa shape index (κ2) is 23.6. The predicted molar refractivity (Wildman–Crippen MR) is 229 cm³/mol. The van der Waals surface area contributed by atoms with E-state index in [-0.39, 0.29) is 56.1 Å². The first-order valence-corrected chi connectivity index (χ1v) is 21.0. The summed E-state index contributed by atoms with van der Waals surface area (Å²) in [4.78, 5) is 114. The number of hydrogen-bond donors (Lipinski definition) is 12. The molecule has 1 fully saturated rings. The van der Waals surface area contributed by atoms with Crippen LogP contribution in [0.15, 0.2) is 61.1 Å². The van der Waals surface area contributed by atoms with E-state index < -0.39 is 102 Å². The molecule has 6 amide bonds. The summed E-state index contributed by atoms with van der Waals surface area (Å²) in [5, 5.41) is 61.8. The Hall–Kier alpha value is -7.07. The number of rotatable bonds is 23. The number of aliphatic carboxylic acids is 2. The van der Waals surface area contributed by atoms with Crippen LogP contribution in [0.25, 0.3) is 0 Å². The number of aliphatic hydroxyl groups is 1. The van der Waals surface area contributed by atoms with Gasteiger partial charge in [0.05, 0.1) is 24.9 Å². The zero-order valence-corrected chi connectivity index (χ0v) is 36.1. The van der Waals surface area contributed by atoms with Gasteiger partial charge in [-0.3, -0.25) is 33.6 Å². The highest BCUT2D eigenvalue weighted by Crippen LogP contribution is 2.21. The molecule has 65 heavy (non-hydrogen) atoms. The maximum Gasteiger partial charge on any atom is 0.326 e. The maximum absolute atomic E-state index is 14.4. The number of imidazole rings is 1. The molecule has 1 aromatic heterocycles. The molecular weight excluding hydrogens is 851 g/mol. The molecule has 352 valence electrons. The molecule has 8 atom stereocenters. The van der Waals surface area contributed by atoms with Crippen molar-refractivity contribution in [2.75, 3.05) is 6.54 Å². The summed E-state index contributed by atoms with van der Waals surface area (Å²) in [5.74, 6) is -8.29. The van der Waals surface area contributed by atoms with Crippen LogP contribution in [0.1, 0.15) is 63.3 Å². The Morgan fingerprint density at radius 2 is 1.22 bits per heavy atom. The van der Waals surface area contributed by atoms with Crippen LogP contribution in [0.2, 0.25) is 0 Å². The van der Waals surface area contributed by atoms with Crippen molar-refractivity contribution < 1.29 is 63.9 Å². The molecule has 0 radical (unpaired) electrons. The molecule has 4 rings (SSSR count). The van der Waals surface area contributed by atoms with Crippen LogP contribution in [0.5, 0.6) is 11.5 Å².